The highest BCUT2D eigenvalue weighted by Gasteiger charge is 2.38. The van der Waals surface area contributed by atoms with Gasteiger partial charge in [-0.15, -0.1) is 0 Å². The first kappa shape index (κ1) is 29.8. The van der Waals surface area contributed by atoms with Crippen molar-refractivity contribution >= 4 is 17.3 Å². The van der Waals surface area contributed by atoms with Gasteiger partial charge in [0.25, 0.3) is 0 Å². The van der Waals surface area contributed by atoms with E-state index in [2.05, 4.69) is 4.98 Å². The van der Waals surface area contributed by atoms with E-state index in [0.29, 0.717) is 31.7 Å². The molecular weight excluding hydrogens is 537 g/mol. The van der Waals surface area contributed by atoms with Gasteiger partial charge in [0.1, 0.15) is 11.9 Å². The topological polar surface area (TPSA) is 89.8 Å². The van der Waals surface area contributed by atoms with Crippen molar-refractivity contribution in [2.24, 2.45) is 5.92 Å². The van der Waals surface area contributed by atoms with Gasteiger partial charge in [-0.2, -0.15) is 14.6 Å². The van der Waals surface area contributed by atoms with Crippen molar-refractivity contribution in [1.29, 1.82) is 0 Å². The number of likely N-dealkylation sites (N-methyl/N-ethyl adjacent to an activating group) is 1. The minimum Gasteiger partial charge on any atom is -0.383 e. The molecule has 2 atom stereocenters. The summed E-state index contributed by atoms with van der Waals surface area (Å²) in [6.07, 6.45) is 3.64. The summed E-state index contributed by atoms with van der Waals surface area (Å²) in [5.74, 6) is -0.807. The number of nitrogens with zero attached hydrogens (tertiary/aromatic N) is 5. The highest BCUT2D eigenvalue weighted by Crippen LogP contribution is 2.38. The summed E-state index contributed by atoms with van der Waals surface area (Å²) in [4.78, 5) is 38.1. The number of aromatic nitrogens is 3. The van der Waals surface area contributed by atoms with Crippen molar-refractivity contribution in [3.63, 3.8) is 0 Å². The number of hydrogen-bond donors (Lipinski definition) is 0. The van der Waals surface area contributed by atoms with Gasteiger partial charge in [-0.3, -0.25) is 14.4 Å². The number of carbonyl (C=O) groups is 2. The summed E-state index contributed by atoms with van der Waals surface area (Å²) in [6, 6.07) is 12.8. The first-order valence-electron chi connectivity index (χ1n) is 14.2. The maximum Gasteiger partial charge on any atom is 0.247 e. The second-order valence-electron chi connectivity index (χ2n) is 11.7. The fourth-order valence-electron chi connectivity index (χ4n) is 5.79. The van der Waals surface area contributed by atoms with E-state index in [0.717, 1.165) is 28.2 Å². The molecule has 0 unspecified atom stereocenters. The molecule has 1 saturated heterocycles. The zero-order valence-corrected chi connectivity index (χ0v) is 24.8. The Morgan fingerprint density at radius 1 is 1.21 bits per heavy atom. The number of Topliss-reactive ketones (excluding diaryl/α,β-unsaturated/α-hetero) is 1. The van der Waals surface area contributed by atoms with Gasteiger partial charge in [0.05, 0.1) is 23.7 Å². The van der Waals surface area contributed by atoms with Crippen LogP contribution in [-0.2, 0) is 25.6 Å². The molecule has 0 spiro atoms. The molecule has 5 rings (SSSR count). The zero-order chi connectivity index (χ0) is 30.0. The molecule has 2 aliphatic rings. The lowest BCUT2D eigenvalue weighted by atomic mass is 9.86. The molecular formula is C32H38FN5O4. The number of methoxy groups -OCH3 is 1. The van der Waals surface area contributed by atoms with Crippen LogP contribution < -0.4 is 0 Å². The van der Waals surface area contributed by atoms with Gasteiger partial charge >= 0.3 is 0 Å². The second-order valence-corrected chi connectivity index (χ2v) is 11.7. The number of ether oxygens (including phenoxy) is 1. The van der Waals surface area contributed by atoms with Crippen LogP contribution in [0.2, 0.25) is 0 Å². The van der Waals surface area contributed by atoms with Crippen LogP contribution in [0.1, 0.15) is 55.3 Å². The van der Waals surface area contributed by atoms with Gasteiger partial charge in [0.15, 0.2) is 0 Å². The summed E-state index contributed by atoms with van der Waals surface area (Å²) >= 11 is 0. The van der Waals surface area contributed by atoms with Crippen molar-refractivity contribution in [2.45, 2.75) is 51.7 Å². The molecule has 2 aromatic heterocycles. The largest absolute Gasteiger partial charge is 0.383 e. The third-order valence-electron chi connectivity index (χ3n) is 8.32. The molecule has 4 heterocycles. The quantitative estimate of drug-likeness (QED) is 0.329. The Balaban J connectivity index is 1.44. The molecule has 0 radical (unpaired) electrons. The number of benzene rings is 1. The molecule has 0 N–H and O–H groups in total. The minimum absolute atomic E-state index is 0.0252. The highest BCUT2D eigenvalue weighted by atomic mass is 19.1. The van der Waals surface area contributed by atoms with Gasteiger partial charge in [0, 0.05) is 63.8 Å². The molecule has 1 fully saturated rings. The van der Waals surface area contributed by atoms with Gasteiger partial charge in [-0.05, 0) is 68.2 Å². The molecule has 0 bridgehead atoms. The first-order chi connectivity index (χ1) is 20.1. The maximum atomic E-state index is 14.0. The number of halogens is 1. The molecule has 1 amide bonds. The molecule has 0 saturated carbocycles. The van der Waals surface area contributed by atoms with E-state index in [1.54, 1.807) is 29.2 Å². The molecule has 9 nitrogen and oxygen atoms in total. The SMILES string of the molecule is COCCN1C[C@@H](CC(=O)Cc2c(C)c(C3=CC(=O)N(C)C(C)(C)C3)nn2-c2ccccc2)[C@H](c2ccnc(F)c2)O1. The average Bonchev–Trinajstić information content (AvgIpc) is 3.51. The van der Waals surface area contributed by atoms with Crippen molar-refractivity contribution in [1.82, 2.24) is 24.7 Å². The van der Waals surface area contributed by atoms with Crippen LogP contribution in [-0.4, -0.2) is 75.8 Å². The van der Waals surface area contributed by atoms with Crippen LogP contribution in [0.15, 0.2) is 54.7 Å². The smallest absolute Gasteiger partial charge is 0.247 e. The Bertz CT molecular complexity index is 1490. The van der Waals surface area contributed by atoms with Crippen LogP contribution in [0.3, 0.4) is 0 Å². The van der Waals surface area contributed by atoms with E-state index < -0.39 is 12.1 Å². The van der Waals surface area contributed by atoms with Crippen LogP contribution in [0.4, 0.5) is 4.39 Å². The predicted molar refractivity (Wildman–Crippen MR) is 156 cm³/mol. The summed E-state index contributed by atoms with van der Waals surface area (Å²) < 4.78 is 21.0. The van der Waals surface area contributed by atoms with E-state index in [1.165, 1.54) is 12.3 Å². The number of para-hydroxylation sites is 1. The predicted octanol–water partition coefficient (Wildman–Crippen LogP) is 4.49. The Morgan fingerprint density at radius 2 is 1.98 bits per heavy atom. The van der Waals surface area contributed by atoms with Crippen LogP contribution in [0.25, 0.3) is 11.3 Å². The lowest BCUT2D eigenvalue weighted by Gasteiger charge is -2.39. The molecule has 3 aromatic rings. The molecule has 10 heteroatoms. The van der Waals surface area contributed by atoms with Crippen molar-refractivity contribution in [3.05, 3.63) is 83.2 Å². The molecule has 0 aliphatic carbocycles. The van der Waals surface area contributed by atoms with E-state index in [4.69, 9.17) is 14.7 Å². The second kappa shape index (κ2) is 12.2. The van der Waals surface area contributed by atoms with Crippen molar-refractivity contribution < 1.29 is 23.6 Å². The number of amides is 1. The Labute approximate surface area is 245 Å². The first-order valence-corrected chi connectivity index (χ1v) is 14.2. The van der Waals surface area contributed by atoms with Gasteiger partial charge in [-0.1, -0.05) is 18.2 Å². The standard InChI is InChI=1S/C32H38FN5O4/c1-21-27(18-26(39)15-24-20-37(13-14-41-5)42-31(24)22-11-12-34-28(33)16-22)38(25-9-7-6-8-10-25)35-30(21)23-17-29(40)36(4)32(2,3)19-23/h6-12,16-17,24,31H,13-15,18-20H2,1-5H3/t24-,31+/m1/s1. The number of ketones is 1. The summed E-state index contributed by atoms with van der Waals surface area (Å²) in [7, 11) is 3.43. The minimum atomic E-state index is -0.587. The number of hydrogen-bond acceptors (Lipinski definition) is 7. The lowest BCUT2D eigenvalue weighted by Crippen LogP contribution is -2.47. The Hall–Kier alpha value is -3.73. The van der Waals surface area contributed by atoms with Gasteiger partial charge in [0.2, 0.25) is 11.9 Å². The summed E-state index contributed by atoms with van der Waals surface area (Å²) in [5.41, 5.74) is 4.39. The molecule has 42 heavy (non-hydrogen) atoms. The fourth-order valence-corrected chi connectivity index (χ4v) is 5.79. The molecule has 1 aromatic carbocycles. The number of pyridine rings is 1. The number of carbonyl (C=O) groups excluding carboxylic acids is 2. The molecule has 222 valence electrons. The monoisotopic (exact) mass is 575 g/mol. The van der Waals surface area contributed by atoms with Crippen LogP contribution in [0.5, 0.6) is 0 Å². The van der Waals surface area contributed by atoms with Gasteiger partial charge in [-0.25, -0.2) is 9.67 Å². The van der Waals surface area contributed by atoms with Gasteiger partial charge < -0.3 is 9.64 Å². The summed E-state index contributed by atoms with van der Waals surface area (Å²) in [5, 5.41) is 6.75. The van der Waals surface area contributed by atoms with Crippen molar-refractivity contribution in [3.8, 4) is 5.69 Å². The Kier molecular flexibility index (Phi) is 8.68. The maximum absolute atomic E-state index is 14.0. The summed E-state index contributed by atoms with van der Waals surface area (Å²) in [6.45, 7) is 7.57. The third-order valence-corrected chi connectivity index (χ3v) is 8.32. The van der Waals surface area contributed by atoms with E-state index in [1.807, 2.05) is 62.8 Å². The van der Waals surface area contributed by atoms with Crippen molar-refractivity contribution in [2.75, 3.05) is 33.9 Å². The fraction of sp³-hybridized carbons (Fsp3) is 0.438. The third kappa shape index (κ3) is 6.21. The van der Waals surface area contributed by atoms with E-state index >= 15 is 0 Å². The molecule has 2 aliphatic heterocycles. The van der Waals surface area contributed by atoms with Crippen LogP contribution >= 0.6 is 0 Å². The highest BCUT2D eigenvalue weighted by molar-refractivity contribution is 5.97. The number of rotatable bonds is 10. The normalized spacial score (nSPS) is 20.7. The number of hydroxylamine groups is 2. The lowest BCUT2D eigenvalue weighted by molar-refractivity contribution is -0.155. The van der Waals surface area contributed by atoms with E-state index in [-0.39, 0.29) is 36.0 Å². The van der Waals surface area contributed by atoms with Crippen LogP contribution in [0, 0.1) is 18.8 Å². The Morgan fingerprint density at radius 3 is 2.67 bits per heavy atom. The average molecular weight is 576 g/mol. The van der Waals surface area contributed by atoms with E-state index in [9.17, 15) is 14.0 Å². The zero-order valence-electron chi connectivity index (χ0n) is 24.8.